The molecule has 4 nitrogen and oxygen atoms in total. The van der Waals surface area contributed by atoms with Crippen molar-refractivity contribution >= 4 is 26.3 Å². The van der Waals surface area contributed by atoms with Gasteiger partial charge in [-0.05, 0) is 0 Å². The zero-order valence-corrected chi connectivity index (χ0v) is 13.2. The molecule has 2 aromatic rings. The van der Waals surface area contributed by atoms with Crippen LogP contribution in [0.5, 0.6) is 11.5 Å². The van der Waals surface area contributed by atoms with E-state index in [1.807, 2.05) is 0 Å². The molecule has 0 aliphatic carbocycles. The van der Waals surface area contributed by atoms with Crippen LogP contribution in [-0.2, 0) is 6.92 Å². The molecule has 0 bridgehead atoms. The average molecular weight is 343 g/mol. The fourth-order valence-corrected chi connectivity index (χ4v) is 4.92. The van der Waals surface area contributed by atoms with Gasteiger partial charge in [-0.1, -0.05) is 0 Å². The van der Waals surface area contributed by atoms with Gasteiger partial charge < -0.3 is 0 Å². The Kier molecular flexibility index (Phi) is 2.49. The number of hydrogen-bond donors (Lipinski definition) is 4. The van der Waals surface area contributed by atoms with Crippen molar-refractivity contribution in [1.29, 1.82) is 8.82 Å². The Bertz CT molecular complexity index is 1460. The van der Waals surface area contributed by atoms with Crippen molar-refractivity contribution in [2.75, 3.05) is 0 Å². The Morgan fingerprint density at radius 2 is 1.05 bits per heavy atom. The van der Waals surface area contributed by atoms with Crippen LogP contribution in [0.15, 0.2) is 48.5 Å². The monoisotopic (exact) mass is 343 g/mol. The molecule has 22 heavy (non-hydrogen) atoms. The SMILES string of the molecule is [CH2]=[Co](=[CH2])(=[CH2])(=[NH])(=[NH])(=[CH]c1ccccc1O)=[CH]c1ccccc1O. The summed E-state index contributed by atoms with van der Waals surface area (Å²) in [5.74, 6) is -0.172. The Labute approximate surface area is 123 Å². The van der Waals surface area contributed by atoms with Crippen LogP contribution in [-0.4, -0.2) is 36.5 Å². The Morgan fingerprint density at radius 1 is 0.727 bits per heavy atom. The van der Waals surface area contributed by atoms with Crippen molar-refractivity contribution in [3.05, 3.63) is 59.7 Å². The molecule has 0 aromatic heterocycles. The van der Waals surface area contributed by atoms with Gasteiger partial charge in [0.2, 0.25) is 0 Å². The van der Waals surface area contributed by atoms with Crippen molar-refractivity contribution in [3.8, 4) is 11.5 Å². The van der Waals surface area contributed by atoms with Gasteiger partial charge in [-0.2, -0.15) is 0 Å². The normalized spacial score (nSPS) is 16.5. The number of hydrogen-bond acceptors (Lipinski definition) is 4. The second-order valence-electron chi connectivity index (χ2n) is 5.91. The maximum atomic E-state index is 9.91. The predicted molar refractivity (Wildman–Crippen MR) is 93.3 cm³/mol. The first-order valence-corrected chi connectivity index (χ1v) is 10.6. The van der Waals surface area contributed by atoms with Crippen molar-refractivity contribution < 1.29 is 17.1 Å². The van der Waals surface area contributed by atoms with Crippen LogP contribution in [0.25, 0.3) is 0 Å². The van der Waals surface area contributed by atoms with Gasteiger partial charge in [0.15, 0.2) is 0 Å². The quantitative estimate of drug-likeness (QED) is 0.675. The number of nitrogens with one attached hydrogen (secondary N) is 2. The fraction of sp³-hybridized carbons (Fsp3) is 0. The number of para-hydroxylation sites is 2. The number of phenolic OH excluding ortho intramolecular Hbond substituents is 2. The van der Waals surface area contributed by atoms with Crippen molar-refractivity contribution in [2.24, 2.45) is 0 Å². The van der Waals surface area contributed by atoms with Crippen LogP contribution in [0.1, 0.15) is 11.1 Å². The molecule has 0 radical (unpaired) electrons. The molecule has 0 aliphatic heterocycles. The first-order chi connectivity index (χ1) is 9.70. The molecule has 0 aliphatic rings. The van der Waals surface area contributed by atoms with Crippen LogP contribution in [0.4, 0.5) is 0 Å². The van der Waals surface area contributed by atoms with Gasteiger partial charge >= 0.3 is 123 Å². The number of benzene rings is 2. The molecule has 2 aromatic carbocycles. The van der Waals surface area contributed by atoms with Gasteiger partial charge in [-0.3, -0.25) is 0 Å². The molecule has 2 rings (SSSR count). The molecule has 4 N–H and O–H groups in total. The molecule has 0 fully saturated rings. The van der Waals surface area contributed by atoms with Crippen LogP contribution in [0.2, 0.25) is 0 Å². The summed E-state index contributed by atoms with van der Waals surface area (Å²) in [7, 11) is 0. The summed E-state index contributed by atoms with van der Waals surface area (Å²) in [5.41, 5.74) is 11.8. The summed E-state index contributed by atoms with van der Waals surface area (Å²) in [6.45, 7) is -5.86. The zero-order valence-electron chi connectivity index (χ0n) is 12.1. The number of rotatable bonds is 2. The molecule has 0 saturated heterocycles. The summed E-state index contributed by atoms with van der Waals surface area (Å²) in [6.07, 6.45) is 0. The molecule has 0 unspecified atom stereocenters. The van der Waals surface area contributed by atoms with Crippen LogP contribution >= 0.6 is 0 Å². The van der Waals surface area contributed by atoms with Crippen molar-refractivity contribution in [3.63, 3.8) is 0 Å². The van der Waals surface area contributed by atoms with Crippen LogP contribution < -0.4 is 0 Å². The molecule has 0 saturated carbocycles. The number of phenols is 2. The summed E-state index contributed by atoms with van der Waals surface area (Å²) < 4.78 is 17.6. The number of aromatic hydroxyl groups is 2. The molecule has 0 amide bonds. The van der Waals surface area contributed by atoms with Gasteiger partial charge in [0, 0.05) is 0 Å². The molecule has 119 valence electrons. The van der Waals surface area contributed by atoms with E-state index in [4.69, 9.17) is 8.82 Å². The average Bonchev–Trinajstić information content (AvgIpc) is 2.33. The van der Waals surface area contributed by atoms with Crippen LogP contribution in [0, 0.1) is 8.82 Å². The van der Waals surface area contributed by atoms with E-state index in [9.17, 15) is 10.2 Å². The first-order valence-electron chi connectivity index (χ1n) is 6.10. The van der Waals surface area contributed by atoms with Gasteiger partial charge in [0.05, 0.1) is 0 Å². The summed E-state index contributed by atoms with van der Waals surface area (Å²) in [5, 5.41) is 19.8. The van der Waals surface area contributed by atoms with Gasteiger partial charge in [-0.25, -0.2) is 0 Å². The molecule has 0 spiro atoms. The second-order valence-corrected chi connectivity index (χ2v) is 14.6. The van der Waals surface area contributed by atoms with Crippen molar-refractivity contribution in [2.45, 2.75) is 0 Å². The molecule has 0 atom stereocenters. The minimum atomic E-state index is -5.86. The Hall–Kier alpha value is -2.50. The van der Waals surface area contributed by atoms with E-state index >= 15 is 0 Å². The molecule has 5 heteroatoms. The summed E-state index contributed by atoms with van der Waals surface area (Å²) in [6, 6.07) is 12.6. The third kappa shape index (κ3) is 3.78. The fourth-order valence-electron chi connectivity index (χ4n) is 1.93. The van der Waals surface area contributed by atoms with E-state index in [1.54, 1.807) is 36.4 Å². The standard InChI is InChI=1S/2C7H6O.3CH2.Co.2HN/c2*1-6-4-2-3-5-7(6)8;;;;;;/h2*1-5,8H;3*1H2;;2*1H. The summed E-state index contributed by atoms with van der Waals surface area (Å²) >= 11 is 0. The van der Waals surface area contributed by atoms with Gasteiger partial charge in [0.1, 0.15) is 0 Å². The molecular formula is C17H20CoN2O2. The van der Waals surface area contributed by atoms with E-state index in [-0.39, 0.29) is 22.6 Å². The third-order valence-corrected chi connectivity index (χ3v) is 5.66. The van der Waals surface area contributed by atoms with Crippen molar-refractivity contribution in [1.82, 2.24) is 0 Å². The molecular weight excluding hydrogens is 323 g/mol. The predicted octanol–water partition coefficient (Wildman–Crippen LogP) is 2.68. The Balaban J connectivity index is 3.20. The molecule has 0 heterocycles. The van der Waals surface area contributed by atoms with Gasteiger partial charge in [0.25, 0.3) is 0 Å². The van der Waals surface area contributed by atoms with E-state index in [0.29, 0.717) is 0 Å². The summed E-state index contributed by atoms with van der Waals surface area (Å²) in [4.78, 5) is 2.35. The van der Waals surface area contributed by atoms with E-state index < -0.39 is 6.92 Å². The van der Waals surface area contributed by atoms with E-state index in [2.05, 4.69) is 16.4 Å². The van der Waals surface area contributed by atoms with Gasteiger partial charge in [-0.15, -0.1) is 0 Å². The maximum absolute atomic E-state index is 9.91. The Morgan fingerprint density at radius 3 is 1.36 bits per heavy atom. The van der Waals surface area contributed by atoms with Crippen LogP contribution in [0.3, 0.4) is 0 Å². The third-order valence-electron chi connectivity index (χ3n) is 2.79. The second kappa shape index (κ2) is 3.45. The van der Waals surface area contributed by atoms with E-state index in [1.165, 1.54) is 22.0 Å². The zero-order chi connectivity index (χ0) is 16.8. The minimum absolute atomic E-state index is 0.0858. The van der Waals surface area contributed by atoms with E-state index in [0.717, 1.165) is 0 Å². The topological polar surface area (TPSA) is 88.2 Å². The first kappa shape index (κ1) is 15.9.